The van der Waals surface area contributed by atoms with E-state index in [-0.39, 0.29) is 5.92 Å². The molecule has 1 saturated carbocycles. The molecule has 0 spiro atoms. The Balaban J connectivity index is 2.36. The summed E-state index contributed by atoms with van der Waals surface area (Å²) in [5.74, 6) is 0.856. The molecule has 1 aromatic rings. The summed E-state index contributed by atoms with van der Waals surface area (Å²) in [7, 11) is 1.93. The smallest absolute Gasteiger partial charge is 0.136 e. The van der Waals surface area contributed by atoms with Crippen molar-refractivity contribution in [2.45, 2.75) is 25.7 Å². The summed E-state index contributed by atoms with van der Waals surface area (Å²) in [4.78, 5) is 11.5. The van der Waals surface area contributed by atoms with Crippen LogP contribution in [0, 0.1) is 5.92 Å². The van der Waals surface area contributed by atoms with Gasteiger partial charge in [0.25, 0.3) is 0 Å². The summed E-state index contributed by atoms with van der Waals surface area (Å²) in [6.45, 7) is 2.01. The van der Waals surface area contributed by atoms with Crippen molar-refractivity contribution in [3.05, 3.63) is 16.4 Å². The lowest BCUT2D eigenvalue weighted by molar-refractivity contribution is -0.120. The van der Waals surface area contributed by atoms with E-state index in [9.17, 15) is 4.79 Å². The fraction of sp³-hybridized carbons (Fsp3) is 0.600. The van der Waals surface area contributed by atoms with Crippen LogP contribution in [0.3, 0.4) is 0 Å². The second-order valence-electron chi connectivity index (χ2n) is 3.90. The Hall–Kier alpha value is -0.640. The lowest BCUT2D eigenvalue weighted by Crippen LogP contribution is -2.12. The van der Waals surface area contributed by atoms with Crippen LogP contribution in [0.1, 0.15) is 31.4 Å². The molecule has 1 aliphatic carbocycles. The maximum Gasteiger partial charge on any atom is 0.136 e. The molecule has 0 saturated heterocycles. The first kappa shape index (κ1) is 9.90. The van der Waals surface area contributed by atoms with Gasteiger partial charge >= 0.3 is 0 Å². The Kier molecular flexibility index (Phi) is 2.47. The molecule has 1 aliphatic rings. The van der Waals surface area contributed by atoms with Gasteiger partial charge in [-0.1, -0.05) is 6.92 Å². The highest BCUT2D eigenvalue weighted by molar-refractivity contribution is 9.10. The molecule has 76 valence electrons. The Morgan fingerprint density at radius 1 is 1.64 bits per heavy atom. The first-order valence-corrected chi connectivity index (χ1v) is 5.60. The van der Waals surface area contributed by atoms with E-state index < -0.39 is 0 Å². The fourth-order valence-electron chi connectivity index (χ4n) is 2.21. The fourth-order valence-corrected chi connectivity index (χ4v) is 2.85. The summed E-state index contributed by atoms with van der Waals surface area (Å²) in [6.07, 6.45) is 3.46. The summed E-state index contributed by atoms with van der Waals surface area (Å²) >= 11 is 3.48. The van der Waals surface area contributed by atoms with Crippen molar-refractivity contribution in [1.82, 2.24) is 9.78 Å². The molecule has 0 radical (unpaired) electrons. The molecule has 0 N–H and O–H groups in total. The number of carbonyl (C=O) groups is 1. The van der Waals surface area contributed by atoms with E-state index in [1.54, 1.807) is 6.20 Å². The maximum atomic E-state index is 11.5. The van der Waals surface area contributed by atoms with E-state index >= 15 is 0 Å². The second-order valence-corrected chi connectivity index (χ2v) is 4.76. The second kappa shape index (κ2) is 3.50. The number of aryl methyl sites for hydroxylation is 1. The average molecular weight is 257 g/mol. The van der Waals surface area contributed by atoms with Crippen molar-refractivity contribution in [3.63, 3.8) is 0 Å². The minimum Gasteiger partial charge on any atom is -0.299 e. The number of rotatable bonds is 1. The van der Waals surface area contributed by atoms with E-state index in [4.69, 9.17) is 0 Å². The zero-order valence-electron chi connectivity index (χ0n) is 8.33. The maximum absolute atomic E-state index is 11.5. The zero-order chi connectivity index (χ0) is 10.3. The molecule has 0 amide bonds. The van der Waals surface area contributed by atoms with E-state index in [1.807, 2.05) is 18.7 Å². The molecule has 14 heavy (non-hydrogen) atoms. The number of Topliss-reactive ketones (excluding diaryl/α,β-unsaturated/α-hetero) is 1. The topological polar surface area (TPSA) is 34.9 Å². The SMILES string of the molecule is CC1C(=O)CCC1c1c(Br)cnn1C. The van der Waals surface area contributed by atoms with Gasteiger partial charge in [0.2, 0.25) is 0 Å². The molecule has 2 atom stereocenters. The molecular weight excluding hydrogens is 244 g/mol. The number of aromatic nitrogens is 2. The highest BCUT2D eigenvalue weighted by atomic mass is 79.9. The van der Waals surface area contributed by atoms with Crippen molar-refractivity contribution >= 4 is 21.7 Å². The number of carbonyl (C=O) groups excluding carboxylic acids is 1. The van der Waals surface area contributed by atoms with Gasteiger partial charge in [0.05, 0.1) is 16.4 Å². The normalized spacial score (nSPS) is 27.2. The van der Waals surface area contributed by atoms with Gasteiger partial charge in [0.1, 0.15) is 5.78 Å². The van der Waals surface area contributed by atoms with E-state index in [0.717, 1.165) is 16.6 Å². The monoisotopic (exact) mass is 256 g/mol. The van der Waals surface area contributed by atoms with Crippen LogP contribution in [0.25, 0.3) is 0 Å². The Labute approximate surface area is 91.6 Å². The van der Waals surface area contributed by atoms with Gasteiger partial charge in [0.15, 0.2) is 0 Å². The van der Waals surface area contributed by atoms with Gasteiger partial charge in [0, 0.05) is 25.3 Å². The average Bonchev–Trinajstić information content (AvgIpc) is 2.62. The van der Waals surface area contributed by atoms with Crippen molar-refractivity contribution in [3.8, 4) is 0 Å². The number of hydrogen-bond donors (Lipinski definition) is 0. The minimum absolute atomic E-state index is 0.140. The number of hydrogen-bond acceptors (Lipinski definition) is 2. The molecule has 1 aromatic heterocycles. The highest BCUT2D eigenvalue weighted by Gasteiger charge is 2.34. The van der Waals surface area contributed by atoms with E-state index in [2.05, 4.69) is 21.0 Å². The molecule has 4 heteroatoms. The van der Waals surface area contributed by atoms with Gasteiger partial charge in [-0.05, 0) is 22.4 Å². The molecule has 1 heterocycles. The third kappa shape index (κ3) is 1.41. The molecule has 1 fully saturated rings. The van der Waals surface area contributed by atoms with Crippen LogP contribution in [-0.4, -0.2) is 15.6 Å². The first-order valence-electron chi connectivity index (χ1n) is 4.81. The van der Waals surface area contributed by atoms with Crippen LogP contribution in [0.15, 0.2) is 10.7 Å². The van der Waals surface area contributed by atoms with E-state index in [0.29, 0.717) is 18.1 Å². The minimum atomic E-state index is 0.140. The third-order valence-electron chi connectivity index (χ3n) is 3.10. The Morgan fingerprint density at radius 3 is 2.79 bits per heavy atom. The largest absolute Gasteiger partial charge is 0.299 e. The van der Waals surface area contributed by atoms with Gasteiger partial charge in [-0.3, -0.25) is 9.48 Å². The molecular formula is C10H13BrN2O. The van der Waals surface area contributed by atoms with E-state index in [1.165, 1.54) is 0 Å². The third-order valence-corrected chi connectivity index (χ3v) is 3.71. The van der Waals surface area contributed by atoms with Crippen molar-refractivity contribution in [2.75, 3.05) is 0 Å². The molecule has 0 aromatic carbocycles. The van der Waals surface area contributed by atoms with Crippen LogP contribution in [0.2, 0.25) is 0 Å². The predicted octanol–water partition coefficient (Wildman–Crippen LogP) is 2.27. The molecule has 3 nitrogen and oxygen atoms in total. The summed E-state index contributed by atoms with van der Waals surface area (Å²) in [5.41, 5.74) is 1.16. The van der Waals surface area contributed by atoms with Crippen molar-refractivity contribution in [1.29, 1.82) is 0 Å². The van der Waals surface area contributed by atoms with Gasteiger partial charge in [-0.2, -0.15) is 5.10 Å². The molecule has 2 rings (SSSR count). The Bertz CT molecular complexity index is 353. The zero-order valence-corrected chi connectivity index (χ0v) is 9.91. The standard InChI is InChI=1S/C10H13BrN2O/c1-6-7(3-4-9(6)14)10-8(11)5-12-13(10)2/h5-7H,3-4H2,1-2H3. The summed E-state index contributed by atoms with van der Waals surface area (Å²) in [5, 5.41) is 4.18. The number of ketones is 1. The predicted molar refractivity (Wildman–Crippen MR) is 57.1 cm³/mol. The van der Waals surface area contributed by atoms with Crippen LogP contribution in [0.4, 0.5) is 0 Å². The molecule has 2 unspecified atom stereocenters. The first-order chi connectivity index (χ1) is 6.61. The van der Waals surface area contributed by atoms with Crippen LogP contribution in [0.5, 0.6) is 0 Å². The lowest BCUT2D eigenvalue weighted by Gasteiger charge is -2.15. The van der Waals surface area contributed by atoms with Crippen LogP contribution >= 0.6 is 15.9 Å². The van der Waals surface area contributed by atoms with Gasteiger partial charge < -0.3 is 0 Å². The van der Waals surface area contributed by atoms with Gasteiger partial charge in [-0.25, -0.2) is 0 Å². The van der Waals surface area contributed by atoms with Gasteiger partial charge in [-0.15, -0.1) is 0 Å². The van der Waals surface area contributed by atoms with Crippen LogP contribution in [-0.2, 0) is 11.8 Å². The lowest BCUT2D eigenvalue weighted by atomic mass is 9.94. The summed E-state index contributed by atoms with van der Waals surface area (Å²) < 4.78 is 2.88. The number of nitrogens with zero attached hydrogens (tertiary/aromatic N) is 2. The quantitative estimate of drug-likeness (QED) is 0.773. The molecule has 0 bridgehead atoms. The van der Waals surface area contributed by atoms with Crippen molar-refractivity contribution in [2.24, 2.45) is 13.0 Å². The van der Waals surface area contributed by atoms with Crippen molar-refractivity contribution < 1.29 is 4.79 Å². The number of halogens is 1. The summed E-state index contributed by atoms with van der Waals surface area (Å²) in [6, 6.07) is 0. The molecule has 0 aliphatic heterocycles. The highest BCUT2D eigenvalue weighted by Crippen LogP contribution is 2.39. The Morgan fingerprint density at radius 2 is 2.36 bits per heavy atom. The van der Waals surface area contributed by atoms with Crippen LogP contribution < -0.4 is 0 Å².